The summed E-state index contributed by atoms with van der Waals surface area (Å²) in [5.74, 6) is -0.509. The van der Waals surface area contributed by atoms with E-state index in [-0.39, 0.29) is 17.7 Å². The molecule has 0 spiro atoms. The second-order valence-electron chi connectivity index (χ2n) is 6.91. The van der Waals surface area contributed by atoms with Crippen LogP contribution in [0.5, 0.6) is 0 Å². The molecule has 0 saturated heterocycles. The van der Waals surface area contributed by atoms with E-state index in [1.165, 1.54) is 38.2 Å². The van der Waals surface area contributed by atoms with E-state index < -0.39 is 0 Å². The van der Waals surface area contributed by atoms with E-state index in [1.54, 1.807) is 12.1 Å². The molecule has 2 aromatic heterocycles. The summed E-state index contributed by atoms with van der Waals surface area (Å²) >= 11 is 0. The van der Waals surface area contributed by atoms with Crippen LogP contribution in [0.2, 0.25) is 0 Å². The number of hydrogen-bond acceptors (Lipinski definition) is 4. The molecule has 1 aliphatic rings. The van der Waals surface area contributed by atoms with Crippen molar-refractivity contribution in [2.45, 2.75) is 64.3 Å². The SMILES string of the molecule is CCCCCCCCOC(=O)C1CCn2c(C(=O)c3ccoc3)ccc21. The summed E-state index contributed by atoms with van der Waals surface area (Å²) in [5.41, 5.74) is 2.01. The van der Waals surface area contributed by atoms with Crippen molar-refractivity contribution in [1.29, 1.82) is 0 Å². The van der Waals surface area contributed by atoms with Gasteiger partial charge in [-0.2, -0.15) is 0 Å². The van der Waals surface area contributed by atoms with E-state index >= 15 is 0 Å². The first-order chi connectivity index (χ1) is 12.7. The van der Waals surface area contributed by atoms with E-state index in [1.807, 2.05) is 10.6 Å². The maximum Gasteiger partial charge on any atom is 0.315 e. The number of esters is 1. The number of nitrogens with zero attached hydrogens (tertiary/aromatic N) is 1. The molecule has 5 nitrogen and oxygen atoms in total. The van der Waals surface area contributed by atoms with Crippen molar-refractivity contribution in [2.24, 2.45) is 0 Å². The monoisotopic (exact) mass is 357 g/mol. The molecule has 0 amide bonds. The van der Waals surface area contributed by atoms with Crippen molar-refractivity contribution in [1.82, 2.24) is 4.57 Å². The Labute approximate surface area is 154 Å². The fourth-order valence-corrected chi connectivity index (χ4v) is 3.58. The number of carbonyl (C=O) groups is 2. The van der Waals surface area contributed by atoms with Gasteiger partial charge in [0.05, 0.1) is 30.0 Å². The topological polar surface area (TPSA) is 61.4 Å². The quantitative estimate of drug-likeness (QED) is 0.351. The van der Waals surface area contributed by atoms with Crippen molar-refractivity contribution in [3.63, 3.8) is 0 Å². The van der Waals surface area contributed by atoms with Gasteiger partial charge in [0.2, 0.25) is 5.78 Å². The highest BCUT2D eigenvalue weighted by molar-refractivity contribution is 6.08. The number of furan rings is 1. The van der Waals surface area contributed by atoms with Crippen molar-refractivity contribution in [2.75, 3.05) is 6.61 Å². The van der Waals surface area contributed by atoms with Gasteiger partial charge in [0.15, 0.2) is 0 Å². The zero-order valence-electron chi connectivity index (χ0n) is 15.4. The molecule has 140 valence electrons. The molecule has 0 saturated carbocycles. The molecule has 5 heteroatoms. The Hall–Kier alpha value is -2.30. The standard InChI is InChI=1S/C21H27NO4/c1-2-3-4-5-6-7-13-26-21(24)17-10-12-22-18(17)8-9-19(22)20(23)16-11-14-25-15-16/h8-9,11,14-15,17H,2-7,10,12-13H2,1H3. The average Bonchev–Trinajstić information content (AvgIpc) is 3.37. The first kappa shape index (κ1) is 18.5. The Morgan fingerprint density at radius 3 is 2.73 bits per heavy atom. The van der Waals surface area contributed by atoms with E-state index in [0.717, 1.165) is 18.5 Å². The lowest BCUT2D eigenvalue weighted by Crippen LogP contribution is -2.14. The summed E-state index contributed by atoms with van der Waals surface area (Å²) < 4.78 is 12.4. The lowest BCUT2D eigenvalue weighted by molar-refractivity contribution is -0.145. The molecule has 26 heavy (non-hydrogen) atoms. The van der Waals surface area contributed by atoms with Gasteiger partial charge in [-0.3, -0.25) is 9.59 Å². The summed E-state index contributed by atoms with van der Waals surface area (Å²) in [6.07, 6.45) is 10.6. The first-order valence-corrected chi connectivity index (χ1v) is 9.65. The molecule has 1 aliphatic heterocycles. The summed E-state index contributed by atoms with van der Waals surface area (Å²) in [6, 6.07) is 5.32. The Balaban J connectivity index is 1.52. The molecule has 0 aromatic carbocycles. The highest BCUT2D eigenvalue weighted by Gasteiger charge is 2.33. The van der Waals surface area contributed by atoms with E-state index in [9.17, 15) is 9.59 Å². The fourth-order valence-electron chi connectivity index (χ4n) is 3.58. The van der Waals surface area contributed by atoms with Crippen LogP contribution in [0.25, 0.3) is 0 Å². The van der Waals surface area contributed by atoms with Crippen LogP contribution in [0.3, 0.4) is 0 Å². The van der Waals surface area contributed by atoms with Gasteiger partial charge in [-0.05, 0) is 31.0 Å². The third-order valence-corrected chi connectivity index (χ3v) is 5.06. The number of ketones is 1. The number of hydrogen-bond donors (Lipinski definition) is 0. The lowest BCUT2D eigenvalue weighted by atomic mass is 10.1. The van der Waals surface area contributed by atoms with Gasteiger partial charge >= 0.3 is 5.97 Å². The summed E-state index contributed by atoms with van der Waals surface area (Å²) in [4.78, 5) is 24.9. The van der Waals surface area contributed by atoms with Crippen LogP contribution < -0.4 is 0 Å². The lowest BCUT2D eigenvalue weighted by Gasteiger charge is -2.10. The maximum absolute atomic E-state index is 12.5. The van der Waals surface area contributed by atoms with Crippen molar-refractivity contribution in [3.8, 4) is 0 Å². The van der Waals surface area contributed by atoms with Gasteiger partial charge in [-0.1, -0.05) is 39.0 Å². The average molecular weight is 357 g/mol. The molecule has 1 atom stereocenters. The van der Waals surface area contributed by atoms with E-state index in [2.05, 4.69) is 6.92 Å². The summed E-state index contributed by atoms with van der Waals surface area (Å²) in [5, 5.41) is 0. The molecule has 1 unspecified atom stereocenters. The Morgan fingerprint density at radius 1 is 1.15 bits per heavy atom. The van der Waals surface area contributed by atoms with Gasteiger partial charge in [-0.15, -0.1) is 0 Å². The summed E-state index contributed by atoms with van der Waals surface area (Å²) in [6.45, 7) is 3.36. The Kier molecular flexibility index (Phi) is 6.31. The molecule has 3 rings (SSSR count). The fraction of sp³-hybridized carbons (Fsp3) is 0.524. The second-order valence-corrected chi connectivity index (χ2v) is 6.91. The molecule has 0 N–H and O–H groups in total. The number of fused-ring (bicyclic) bond motifs is 1. The molecule has 0 aliphatic carbocycles. The minimum atomic E-state index is -0.263. The molecule has 0 bridgehead atoms. The van der Waals surface area contributed by atoms with Crippen molar-refractivity contribution in [3.05, 3.63) is 47.7 Å². The Bertz CT molecular complexity index is 729. The molecular formula is C21H27NO4. The second kappa shape index (κ2) is 8.88. The number of unbranched alkanes of at least 4 members (excludes halogenated alkanes) is 5. The zero-order chi connectivity index (χ0) is 18.4. The van der Waals surface area contributed by atoms with E-state index in [4.69, 9.17) is 9.15 Å². The highest BCUT2D eigenvalue weighted by Crippen LogP contribution is 2.32. The van der Waals surface area contributed by atoms with Crippen LogP contribution >= 0.6 is 0 Å². The predicted octanol–water partition coefficient (Wildman–Crippen LogP) is 4.70. The van der Waals surface area contributed by atoms with Crippen LogP contribution in [0, 0.1) is 0 Å². The first-order valence-electron chi connectivity index (χ1n) is 9.65. The molecule has 2 aromatic rings. The maximum atomic E-state index is 12.5. The van der Waals surface area contributed by atoms with Crippen LogP contribution in [-0.2, 0) is 16.1 Å². The molecule has 0 radical (unpaired) electrons. The zero-order valence-corrected chi connectivity index (χ0v) is 15.4. The molecule has 0 fully saturated rings. The smallest absolute Gasteiger partial charge is 0.315 e. The third kappa shape index (κ3) is 4.09. The minimum absolute atomic E-state index is 0.0777. The van der Waals surface area contributed by atoms with Crippen LogP contribution in [0.4, 0.5) is 0 Å². The number of rotatable bonds is 10. The van der Waals surface area contributed by atoms with Crippen LogP contribution in [0.15, 0.2) is 35.1 Å². The van der Waals surface area contributed by atoms with Gasteiger partial charge in [0, 0.05) is 12.2 Å². The Morgan fingerprint density at radius 2 is 1.96 bits per heavy atom. The largest absolute Gasteiger partial charge is 0.472 e. The third-order valence-electron chi connectivity index (χ3n) is 5.06. The predicted molar refractivity (Wildman–Crippen MR) is 98.3 cm³/mol. The van der Waals surface area contributed by atoms with Crippen molar-refractivity contribution >= 4 is 11.8 Å². The van der Waals surface area contributed by atoms with Gasteiger partial charge in [0.25, 0.3) is 0 Å². The van der Waals surface area contributed by atoms with E-state index in [0.29, 0.717) is 30.8 Å². The normalized spacial score (nSPS) is 15.8. The molecular weight excluding hydrogens is 330 g/mol. The number of ether oxygens (including phenoxy) is 1. The molecule has 3 heterocycles. The summed E-state index contributed by atoms with van der Waals surface area (Å²) in [7, 11) is 0. The van der Waals surface area contributed by atoms with Gasteiger partial charge in [-0.25, -0.2) is 0 Å². The number of carbonyl (C=O) groups excluding carboxylic acids is 2. The van der Waals surface area contributed by atoms with Gasteiger partial charge in [0.1, 0.15) is 6.26 Å². The highest BCUT2D eigenvalue weighted by atomic mass is 16.5. The van der Waals surface area contributed by atoms with Crippen LogP contribution in [0.1, 0.15) is 79.5 Å². The van der Waals surface area contributed by atoms with Gasteiger partial charge < -0.3 is 13.7 Å². The van der Waals surface area contributed by atoms with Crippen LogP contribution in [-0.4, -0.2) is 22.9 Å². The number of aromatic nitrogens is 1. The minimum Gasteiger partial charge on any atom is -0.472 e. The van der Waals surface area contributed by atoms with Crippen molar-refractivity contribution < 1.29 is 18.7 Å².